The molecule has 2 aromatic rings. The first kappa shape index (κ1) is 8.74. The Balaban J connectivity index is 2.33. The standard InChI is InChI=1S/C10H10N2O2/c1-7-5-12-10(14-7)8-3-4-9(13-2)11-6-8/h3-6H,1-2H3. The second kappa shape index (κ2) is 3.49. The molecule has 0 unspecified atom stereocenters. The minimum Gasteiger partial charge on any atom is -0.481 e. The van der Waals surface area contributed by atoms with Crippen LogP contribution in [0.15, 0.2) is 28.9 Å². The highest BCUT2D eigenvalue weighted by Crippen LogP contribution is 2.19. The van der Waals surface area contributed by atoms with Gasteiger partial charge < -0.3 is 9.15 Å². The van der Waals surface area contributed by atoms with Gasteiger partial charge in [-0.1, -0.05) is 0 Å². The molecule has 0 N–H and O–H groups in total. The Hall–Kier alpha value is -1.84. The number of aryl methyl sites for hydroxylation is 1. The van der Waals surface area contributed by atoms with Gasteiger partial charge in [0.2, 0.25) is 11.8 Å². The predicted molar refractivity (Wildman–Crippen MR) is 51.0 cm³/mol. The zero-order valence-corrected chi connectivity index (χ0v) is 8.02. The Morgan fingerprint density at radius 3 is 2.57 bits per heavy atom. The number of ether oxygens (including phenoxy) is 1. The van der Waals surface area contributed by atoms with Gasteiger partial charge in [-0.25, -0.2) is 9.97 Å². The fraction of sp³-hybridized carbons (Fsp3) is 0.200. The summed E-state index contributed by atoms with van der Waals surface area (Å²) in [5, 5.41) is 0. The van der Waals surface area contributed by atoms with E-state index in [0.717, 1.165) is 11.3 Å². The van der Waals surface area contributed by atoms with Gasteiger partial charge in [0.25, 0.3) is 0 Å². The molecule has 0 aliphatic rings. The summed E-state index contributed by atoms with van der Waals surface area (Å²) in [5.41, 5.74) is 0.846. The van der Waals surface area contributed by atoms with E-state index in [-0.39, 0.29) is 0 Å². The van der Waals surface area contributed by atoms with Crippen LogP contribution in [0.3, 0.4) is 0 Å². The first-order chi connectivity index (χ1) is 6.79. The molecule has 0 saturated heterocycles. The van der Waals surface area contributed by atoms with Crippen molar-refractivity contribution in [1.82, 2.24) is 9.97 Å². The maximum atomic E-state index is 5.35. The fourth-order valence-electron chi connectivity index (χ4n) is 1.12. The first-order valence-corrected chi connectivity index (χ1v) is 4.22. The van der Waals surface area contributed by atoms with Gasteiger partial charge >= 0.3 is 0 Å². The molecule has 0 aromatic carbocycles. The summed E-state index contributed by atoms with van der Waals surface area (Å²) in [6.07, 6.45) is 3.35. The van der Waals surface area contributed by atoms with Crippen molar-refractivity contribution in [2.75, 3.05) is 7.11 Å². The molecule has 4 heteroatoms. The predicted octanol–water partition coefficient (Wildman–Crippen LogP) is 2.05. The van der Waals surface area contributed by atoms with Crippen molar-refractivity contribution in [3.63, 3.8) is 0 Å². The molecule has 4 nitrogen and oxygen atoms in total. The molecule has 2 heterocycles. The molecule has 0 fully saturated rings. The molecule has 0 saturated carbocycles. The molecule has 2 aromatic heterocycles. The molecule has 72 valence electrons. The number of pyridine rings is 1. The first-order valence-electron chi connectivity index (χ1n) is 4.22. The van der Waals surface area contributed by atoms with Gasteiger partial charge in [0, 0.05) is 12.3 Å². The minimum absolute atomic E-state index is 0.581. The third-order valence-corrected chi connectivity index (χ3v) is 1.81. The summed E-state index contributed by atoms with van der Waals surface area (Å²) in [6, 6.07) is 3.63. The zero-order valence-electron chi connectivity index (χ0n) is 8.02. The van der Waals surface area contributed by atoms with Crippen LogP contribution in [-0.4, -0.2) is 17.1 Å². The smallest absolute Gasteiger partial charge is 0.227 e. The third kappa shape index (κ3) is 1.59. The quantitative estimate of drug-likeness (QED) is 0.727. The average molecular weight is 190 g/mol. The molecule has 0 aliphatic carbocycles. The van der Waals surface area contributed by atoms with Gasteiger partial charge in [-0.15, -0.1) is 0 Å². The SMILES string of the molecule is COc1ccc(-c2ncc(C)o2)cn1. The van der Waals surface area contributed by atoms with Crippen molar-refractivity contribution in [1.29, 1.82) is 0 Å². The van der Waals surface area contributed by atoms with E-state index in [9.17, 15) is 0 Å². The van der Waals surface area contributed by atoms with Crippen molar-refractivity contribution < 1.29 is 9.15 Å². The highest BCUT2D eigenvalue weighted by atomic mass is 16.5. The van der Waals surface area contributed by atoms with Gasteiger partial charge in [0.05, 0.1) is 18.9 Å². The van der Waals surface area contributed by atoms with Crippen LogP contribution >= 0.6 is 0 Å². The highest BCUT2D eigenvalue weighted by molar-refractivity contribution is 5.51. The summed E-state index contributed by atoms with van der Waals surface area (Å²) in [7, 11) is 1.58. The lowest BCUT2D eigenvalue weighted by atomic mass is 10.3. The van der Waals surface area contributed by atoms with Crippen molar-refractivity contribution in [3.05, 3.63) is 30.3 Å². The van der Waals surface area contributed by atoms with Gasteiger partial charge in [-0.2, -0.15) is 0 Å². The van der Waals surface area contributed by atoms with Crippen molar-refractivity contribution in [2.45, 2.75) is 6.92 Å². The Labute approximate surface area is 81.6 Å². The lowest BCUT2D eigenvalue weighted by Crippen LogP contribution is -1.86. The molecule has 0 atom stereocenters. The molecule has 0 aliphatic heterocycles. The molecule has 0 radical (unpaired) electrons. The number of rotatable bonds is 2. The van der Waals surface area contributed by atoms with E-state index in [1.54, 1.807) is 25.6 Å². The number of hydrogen-bond acceptors (Lipinski definition) is 4. The lowest BCUT2D eigenvalue weighted by molar-refractivity contribution is 0.398. The lowest BCUT2D eigenvalue weighted by Gasteiger charge is -1.98. The number of oxazole rings is 1. The van der Waals surface area contributed by atoms with Crippen molar-refractivity contribution in [3.8, 4) is 17.3 Å². The van der Waals surface area contributed by atoms with Crippen LogP contribution in [-0.2, 0) is 0 Å². The maximum absolute atomic E-state index is 5.35. The van der Waals surface area contributed by atoms with Gasteiger partial charge in [0.15, 0.2) is 0 Å². The number of hydrogen-bond donors (Lipinski definition) is 0. The second-order valence-corrected chi connectivity index (χ2v) is 2.87. The normalized spacial score (nSPS) is 10.1. The molecular weight excluding hydrogens is 180 g/mol. The molecular formula is C10H10N2O2. The van der Waals surface area contributed by atoms with Crippen LogP contribution in [0.5, 0.6) is 5.88 Å². The second-order valence-electron chi connectivity index (χ2n) is 2.87. The van der Waals surface area contributed by atoms with Gasteiger partial charge in [-0.05, 0) is 13.0 Å². The number of methoxy groups -OCH3 is 1. The molecule has 14 heavy (non-hydrogen) atoms. The largest absolute Gasteiger partial charge is 0.481 e. The topological polar surface area (TPSA) is 48.2 Å². The molecule has 0 bridgehead atoms. The monoisotopic (exact) mass is 190 g/mol. The van der Waals surface area contributed by atoms with Crippen LogP contribution in [0.1, 0.15) is 5.76 Å². The van der Waals surface area contributed by atoms with Crippen LogP contribution in [0, 0.1) is 6.92 Å². The van der Waals surface area contributed by atoms with Crippen LogP contribution < -0.4 is 4.74 Å². The summed E-state index contributed by atoms with van der Waals surface area (Å²) < 4.78 is 10.3. The summed E-state index contributed by atoms with van der Waals surface area (Å²) in [5.74, 6) is 1.95. The number of nitrogens with zero attached hydrogens (tertiary/aromatic N) is 2. The van der Waals surface area contributed by atoms with Crippen LogP contribution in [0.25, 0.3) is 11.5 Å². The molecule has 0 spiro atoms. The average Bonchev–Trinajstić information content (AvgIpc) is 2.65. The van der Waals surface area contributed by atoms with E-state index in [1.165, 1.54) is 0 Å². The summed E-state index contributed by atoms with van der Waals surface area (Å²) >= 11 is 0. The van der Waals surface area contributed by atoms with Crippen molar-refractivity contribution in [2.24, 2.45) is 0 Å². The van der Waals surface area contributed by atoms with E-state index < -0.39 is 0 Å². The Morgan fingerprint density at radius 1 is 1.21 bits per heavy atom. The minimum atomic E-state index is 0.581. The third-order valence-electron chi connectivity index (χ3n) is 1.81. The van der Waals surface area contributed by atoms with E-state index in [2.05, 4.69) is 9.97 Å². The van der Waals surface area contributed by atoms with E-state index in [1.807, 2.05) is 13.0 Å². The zero-order chi connectivity index (χ0) is 9.97. The van der Waals surface area contributed by atoms with Crippen LogP contribution in [0.4, 0.5) is 0 Å². The highest BCUT2D eigenvalue weighted by Gasteiger charge is 2.04. The Bertz CT molecular complexity index is 420. The fourth-order valence-corrected chi connectivity index (χ4v) is 1.12. The maximum Gasteiger partial charge on any atom is 0.227 e. The van der Waals surface area contributed by atoms with Gasteiger partial charge in [0.1, 0.15) is 5.76 Å². The van der Waals surface area contributed by atoms with Crippen LogP contribution in [0.2, 0.25) is 0 Å². The summed E-state index contributed by atoms with van der Waals surface area (Å²) in [6.45, 7) is 1.85. The van der Waals surface area contributed by atoms with E-state index >= 15 is 0 Å². The number of aromatic nitrogens is 2. The van der Waals surface area contributed by atoms with Crippen molar-refractivity contribution >= 4 is 0 Å². The van der Waals surface area contributed by atoms with E-state index in [0.29, 0.717) is 11.8 Å². The molecule has 2 rings (SSSR count). The molecule has 0 amide bonds. The Morgan fingerprint density at radius 2 is 2.07 bits per heavy atom. The Kier molecular flexibility index (Phi) is 2.18. The summed E-state index contributed by atoms with van der Waals surface area (Å²) in [4.78, 5) is 8.15. The van der Waals surface area contributed by atoms with E-state index in [4.69, 9.17) is 9.15 Å². The van der Waals surface area contributed by atoms with Gasteiger partial charge in [-0.3, -0.25) is 0 Å².